The molecule has 3 heterocycles. The van der Waals surface area contributed by atoms with Crippen LogP contribution >= 0.6 is 40.5 Å². The van der Waals surface area contributed by atoms with Crippen molar-refractivity contribution in [3.8, 4) is 28.7 Å². The highest BCUT2D eigenvalue weighted by atomic mass is 32.1. The van der Waals surface area contributed by atoms with Crippen molar-refractivity contribution in [1.29, 1.82) is 0 Å². The molecule has 3 N–H and O–H groups in total. The predicted molar refractivity (Wildman–Crippen MR) is 292 cm³/mol. The molecule has 0 radical (unpaired) electrons. The summed E-state index contributed by atoms with van der Waals surface area (Å²) >= 11 is 0. The molecular weight excluding hydrogens is 977 g/mol. The molecule has 2 unspecified atom stereocenters. The fraction of sp³-hybridized carbons (Fsp3) is 0.389. The molecule has 1 amide bonds. The van der Waals surface area contributed by atoms with Gasteiger partial charge in [0.2, 0.25) is 0 Å². The lowest BCUT2D eigenvalue weighted by molar-refractivity contribution is 0.0591. The van der Waals surface area contributed by atoms with Crippen molar-refractivity contribution in [2.24, 2.45) is 0 Å². The minimum atomic E-state index is -0.539. The van der Waals surface area contributed by atoms with Crippen molar-refractivity contribution >= 4 is 58.3 Å². The summed E-state index contributed by atoms with van der Waals surface area (Å²) in [5.41, 5.74) is 8.72. The van der Waals surface area contributed by atoms with E-state index in [0.717, 1.165) is 91.7 Å². The van der Waals surface area contributed by atoms with Crippen LogP contribution in [0.5, 0.6) is 28.7 Å². The van der Waals surface area contributed by atoms with Gasteiger partial charge >= 0.3 is 11.9 Å². The molecule has 0 aliphatic carbocycles. The number of carbonyl (C=O) groups excluding carboxylic acids is 3. The predicted octanol–water partition coefficient (Wildman–Crippen LogP) is 8.71. The third-order valence-electron chi connectivity index (χ3n) is 12.6. The highest BCUT2D eigenvalue weighted by molar-refractivity contribution is 7.59. The fourth-order valence-electron chi connectivity index (χ4n) is 8.27. The minimum Gasteiger partial charge on any atom is -0.497 e. The van der Waals surface area contributed by atoms with Gasteiger partial charge in [-0.2, -0.15) is 40.5 Å². The van der Waals surface area contributed by atoms with Crippen LogP contribution in [0.1, 0.15) is 98.9 Å². The second-order valence-electron chi connectivity index (χ2n) is 16.9. The van der Waals surface area contributed by atoms with Crippen LogP contribution in [-0.2, 0) is 42.2 Å². The van der Waals surface area contributed by atoms with E-state index in [4.69, 9.17) is 38.4 Å². The Bertz CT molecular complexity index is 2350. The van der Waals surface area contributed by atoms with Crippen LogP contribution in [0.2, 0.25) is 0 Å². The molecule has 3 atom stereocenters. The lowest BCUT2D eigenvalue weighted by Gasteiger charge is -2.28. The van der Waals surface area contributed by atoms with E-state index >= 15 is 0 Å². The van der Waals surface area contributed by atoms with Gasteiger partial charge in [-0.3, -0.25) is 19.8 Å². The van der Waals surface area contributed by atoms with E-state index in [9.17, 15) is 14.4 Å². The number of ether oxygens (including phenoxy) is 7. The average molecular weight is 1050 g/mol. The number of hydrogen-bond acceptors (Lipinski definition) is 14. The molecule has 15 nitrogen and oxygen atoms in total. The zero-order chi connectivity index (χ0) is 49.3. The van der Waals surface area contributed by atoms with Crippen LogP contribution in [0.4, 0.5) is 0 Å². The number of amides is 1. The highest BCUT2D eigenvalue weighted by Gasteiger charge is 2.26. The summed E-state index contributed by atoms with van der Waals surface area (Å²) < 4.78 is 37.7. The Hall–Kier alpha value is -5.60. The Morgan fingerprint density at radius 2 is 0.972 bits per heavy atom. The van der Waals surface area contributed by atoms with Crippen LogP contribution in [0.15, 0.2) is 103 Å². The van der Waals surface area contributed by atoms with Crippen molar-refractivity contribution in [2.75, 3.05) is 48.3 Å². The van der Waals surface area contributed by atoms with E-state index in [0.29, 0.717) is 54.3 Å². The van der Waals surface area contributed by atoms with Crippen LogP contribution < -0.4 is 34.5 Å². The van der Waals surface area contributed by atoms with Gasteiger partial charge in [0.25, 0.3) is 5.91 Å². The number of nitrogens with one attached hydrogen (secondary N) is 2. The van der Waals surface area contributed by atoms with Gasteiger partial charge in [-0.25, -0.2) is 15.1 Å². The lowest BCUT2D eigenvalue weighted by atomic mass is 10.1. The van der Waals surface area contributed by atoms with Gasteiger partial charge in [-0.1, -0.05) is 63.2 Å². The summed E-state index contributed by atoms with van der Waals surface area (Å²) in [6.07, 6.45) is 2.99. The third kappa shape index (κ3) is 16.5. The molecule has 5 aromatic rings. The lowest BCUT2D eigenvalue weighted by Crippen LogP contribution is -2.36. The Balaban J connectivity index is 0.000000286. The quantitative estimate of drug-likeness (QED) is 0.0617. The van der Waals surface area contributed by atoms with Gasteiger partial charge in [0.05, 0.1) is 39.6 Å². The van der Waals surface area contributed by atoms with Crippen molar-refractivity contribution < 1.29 is 52.7 Å². The van der Waals surface area contributed by atoms with Crippen LogP contribution in [0.25, 0.3) is 0 Å². The van der Waals surface area contributed by atoms with Gasteiger partial charge in [0.1, 0.15) is 48.6 Å². The Morgan fingerprint density at radius 1 is 0.569 bits per heavy atom. The Kier molecular flexibility index (Phi) is 25.7. The maximum Gasteiger partial charge on any atom is 0.337 e. The summed E-state index contributed by atoms with van der Waals surface area (Å²) in [7, 11) is 6.10. The number of fused-ring (bicyclic) bond motifs is 3. The van der Waals surface area contributed by atoms with Gasteiger partial charge in [-0.05, 0) is 91.1 Å². The number of hydroxylamine groups is 1. The number of hydrogen-bond donors (Lipinski definition) is 3. The summed E-state index contributed by atoms with van der Waals surface area (Å²) in [6, 6.07) is 33.5. The normalized spacial score (nSPS) is 16.7. The molecule has 0 aromatic heterocycles. The molecule has 8 rings (SSSR count). The van der Waals surface area contributed by atoms with Gasteiger partial charge < -0.3 is 38.5 Å². The average Bonchev–Trinajstić information content (AvgIpc) is 3.80. The molecule has 72 heavy (non-hydrogen) atoms. The molecule has 0 spiro atoms. The smallest absolute Gasteiger partial charge is 0.337 e. The maximum absolute atomic E-state index is 11.8. The number of esters is 2. The van der Waals surface area contributed by atoms with E-state index in [-0.39, 0.29) is 58.5 Å². The third-order valence-corrected chi connectivity index (χ3v) is 12.6. The molecule has 0 bridgehead atoms. The van der Waals surface area contributed by atoms with Crippen LogP contribution in [-0.4, -0.2) is 99.2 Å². The van der Waals surface area contributed by atoms with E-state index < -0.39 is 5.91 Å². The largest absolute Gasteiger partial charge is 0.497 e. The number of rotatable bonds is 12. The van der Waals surface area contributed by atoms with Gasteiger partial charge in [0.15, 0.2) is 0 Å². The van der Waals surface area contributed by atoms with Crippen molar-refractivity contribution in [3.63, 3.8) is 0 Å². The molecule has 0 fully saturated rings. The molecule has 392 valence electrons. The Morgan fingerprint density at radius 3 is 1.38 bits per heavy atom. The maximum atomic E-state index is 11.8. The summed E-state index contributed by atoms with van der Waals surface area (Å²) in [5, 5.41) is 12.2. The second kappa shape index (κ2) is 30.4. The van der Waals surface area contributed by atoms with E-state index in [1.807, 2.05) is 42.5 Å². The number of carbonyl (C=O) groups is 3. The molecule has 5 aromatic carbocycles. The number of methoxy groups -OCH3 is 4. The van der Waals surface area contributed by atoms with Gasteiger partial charge in [-0.15, -0.1) is 0 Å². The molecule has 3 aliphatic rings. The molecule has 0 saturated carbocycles. The first-order valence-corrected chi connectivity index (χ1v) is 23.4. The van der Waals surface area contributed by atoms with Crippen molar-refractivity contribution in [2.45, 2.75) is 90.9 Å². The Labute approximate surface area is 445 Å². The fourth-order valence-corrected chi connectivity index (χ4v) is 8.27. The molecule has 0 saturated heterocycles. The second-order valence-corrected chi connectivity index (χ2v) is 16.9. The molecule has 18 heteroatoms. The summed E-state index contributed by atoms with van der Waals surface area (Å²) in [6.45, 7) is 12.2. The topological polar surface area (TPSA) is 167 Å². The van der Waals surface area contributed by atoms with Crippen molar-refractivity contribution in [1.82, 2.24) is 20.6 Å². The SMILES string of the molecule is CCC1COc2cc(C(=O)NO)ccc2CN1Cc1ccc(OC)cc1.CCC1COc2cc(C(=O)OC)ccc2CN1.CC[C@H]1COc2cc(C(=O)OC)ccc2CN1Cc1ccc(OC)cc1.S.S.S. The van der Waals surface area contributed by atoms with Crippen LogP contribution in [0.3, 0.4) is 0 Å². The first-order chi connectivity index (χ1) is 33.5. The zero-order valence-corrected chi connectivity index (χ0v) is 45.2. The highest BCUT2D eigenvalue weighted by Crippen LogP contribution is 2.31. The minimum absolute atomic E-state index is 0. The number of nitrogens with zero attached hydrogens (tertiary/aromatic N) is 2. The number of benzene rings is 5. The van der Waals surface area contributed by atoms with Crippen LogP contribution in [0, 0.1) is 0 Å². The van der Waals surface area contributed by atoms with E-state index in [2.05, 4.69) is 60.2 Å². The first kappa shape index (κ1) is 60.7. The standard InChI is InChI=1S/C21H25NO4.C20H24N2O4.C13H17NO3.3H2S/c1-4-18-14-26-20-11-16(21(23)25-3)7-8-17(20)13-22(18)12-15-5-9-19(24-2)10-6-15;1-3-17-13-26-19-10-15(20(23)21-24)6-7-16(19)12-22(17)11-14-4-8-18(25-2)9-5-14;1-3-11-8-17-12-6-9(13(15)16-2)4-5-10(12)7-14-11;;;/h5-11,18H,4,12-14H2,1-3H3;4-10,17,24H,3,11-13H2,1-2H3,(H,21,23);4-6,11,14H,3,7-8H2,1-2H3;3*1H2/t18-;;;;;/m0...../s1. The van der Waals surface area contributed by atoms with E-state index in [1.54, 1.807) is 56.1 Å². The zero-order valence-electron chi connectivity index (χ0n) is 42.2. The van der Waals surface area contributed by atoms with E-state index in [1.165, 1.54) is 25.3 Å². The summed E-state index contributed by atoms with van der Waals surface area (Å²) in [4.78, 5) is 39.6. The molecular formula is C54H72N4O11S3. The van der Waals surface area contributed by atoms with Gasteiger partial charge in [0, 0.05) is 73.1 Å². The molecule has 3 aliphatic heterocycles. The first-order valence-electron chi connectivity index (χ1n) is 23.4. The monoisotopic (exact) mass is 1050 g/mol. The van der Waals surface area contributed by atoms with Crippen molar-refractivity contribution in [3.05, 3.63) is 148 Å². The summed E-state index contributed by atoms with van der Waals surface area (Å²) in [5.74, 6) is 2.73.